The molecule has 2 aliphatic heterocycles. The van der Waals surface area contributed by atoms with Gasteiger partial charge in [-0.3, -0.25) is 0 Å². The van der Waals surface area contributed by atoms with Crippen molar-refractivity contribution in [1.29, 1.82) is 5.26 Å². The van der Waals surface area contributed by atoms with E-state index in [9.17, 15) is 14.0 Å². The quantitative estimate of drug-likeness (QED) is 0.859. The summed E-state index contributed by atoms with van der Waals surface area (Å²) in [6.07, 6.45) is 4.91. The van der Waals surface area contributed by atoms with Crippen molar-refractivity contribution in [2.24, 2.45) is 10.4 Å². The van der Waals surface area contributed by atoms with Crippen molar-refractivity contribution < 1.29 is 8.78 Å². The molecule has 3 nitrogen and oxygen atoms in total. The molecular weight excluding hydrogens is 332 g/mol. The van der Waals surface area contributed by atoms with Crippen molar-refractivity contribution in [3.63, 3.8) is 0 Å². The van der Waals surface area contributed by atoms with Crippen molar-refractivity contribution in [1.82, 2.24) is 5.32 Å². The maximum Gasteiger partial charge on any atom is 0.128 e. The molecule has 26 heavy (non-hydrogen) atoms. The minimum atomic E-state index is -0.729. The first-order valence-corrected chi connectivity index (χ1v) is 8.29. The van der Waals surface area contributed by atoms with Gasteiger partial charge in [-0.2, -0.15) is 5.26 Å². The van der Waals surface area contributed by atoms with Gasteiger partial charge in [0, 0.05) is 11.3 Å². The van der Waals surface area contributed by atoms with E-state index in [0.717, 1.165) is 16.8 Å². The van der Waals surface area contributed by atoms with E-state index in [1.54, 1.807) is 24.3 Å². The minimum absolute atomic E-state index is 0.298. The fourth-order valence-electron chi connectivity index (χ4n) is 3.19. The Morgan fingerprint density at radius 2 is 1.46 bits per heavy atom. The van der Waals surface area contributed by atoms with Gasteiger partial charge in [-0.25, -0.2) is 13.8 Å². The molecule has 5 heteroatoms. The number of benzene rings is 2. The minimum Gasteiger partial charge on any atom is -0.342 e. The molecule has 0 aliphatic carbocycles. The number of allylic oxidation sites excluding steroid dienone is 2. The van der Waals surface area contributed by atoms with Gasteiger partial charge in [-0.15, -0.1) is 0 Å². The Labute approximate surface area is 150 Å². The van der Waals surface area contributed by atoms with Gasteiger partial charge in [0.05, 0.1) is 11.8 Å². The first-order valence-electron chi connectivity index (χ1n) is 8.29. The highest BCUT2D eigenvalue weighted by Gasteiger charge is 2.40. The molecule has 128 valence electrons. The van der Waals surface area contributed by atoms with Gasteiger partial charge >= 0.3 is 0 Å². The van der Waals surface area contributed by atoms with Gasteiger partial charge in [0.1, 0.15) is 22.9 Å². The highest BCUT2D eigenvalue weighted by molar-refractivity contribution is 6.03. The number of rotatable bonds is 2. The number of aliphatic imine (C=N–C) groups is 1. The lowest BCUT2D eigenvalue weighted by atomic mass is 9.76. The molecular formula is C21H15F2N3. The number of hydrogen-bond acceptors (Lipinski definition) is 3. The number of halogens is 2. The third kappa shape index (κ3) is 2.80. The molecule has 1 N–H and O–H groups in total. The summed E-state index contributed by atoms with van der Waals surface area (Å²) in [5, 5.41) is 13.0. The van der Waals surface area contributed by atoms with Gasteiger partial charge in [0.25, 0.3) is 0 Å². The van der Waals surface area contributed by atoms with E-state index in [4.69, 9.17) is 0 Å². The lowest BCUT2D eigenvalue weighted by molar-refractivity contribution is 0.537. The van der Waals surface area contributed by atoms with Crippen LogP contribution in [0.25, 0.3) is 11.4 Å². The Hall–Kier alpha value is -3.26. The molecule has 0 saturated carbocycles. The van der Waals surface area contributed by atoms with Crippen molar-refractivity contribution in [3.05, 3.63) is 83.4 Å². The predicted molar refractivity (Wildman–Crippen MR) is 96.6 cm³/mol. The third-order valence-electron chi connectivity index (χ3n) is 4.75. The Morgan fingerprint density at radius 1 is 0.885 bits per heavy atom. The summed E-state index contributed by atoms with van der Waals surface area (Å²) in [6, 6.07) is 14.7. The summed E-state index contributed by atoms with van der Waals surface area (Å²) in [4.78, 5) is 4.65. The maximum absolute atomic E-state index is 13.2. The maximum atomic E-state index is 13.2. The Balaban J connectivity index is 1.69. The zero-order valence-corrected chi connectivity index (χ0v) is 13.8. The van der Waals surface area contributed by atoms with Crippen molar-refractivity contribution in [2.45, 2.75) is 12.8 Å². The summed E-state index contributed by atoms with van der Waals surface area (Å²) in [5.41, 5.74) is 2.41. The fourth-order valence-corrected chi connectivity index (χ4v) is 3.19. The average Bonchev–Trinajstić information content (AvgIpc) is 2.68. The molecule has 4 rings (SSSR count). The molecule has 0 spiro atoms. The van der Waals surface area contributed by atoms with Crippen LogP contribution in [-0.4, -0.2) is 5.84 Å². The van der Waals surface area contributed by atoms with Crippen LogP contribution in [0.3, 0.4) is 0 Å². The third-order valence-corrected chi connectivity index (χ3v) is 4.75. The molecule has 2 heterocycles. The van der Waals surface area contributed by atoms with Crippen molar-refractivity contribution in [3.8, 4) is 6.07 Å². The second kappa shape index (κ2) is 6.23. The van der Waals surface area contributed by atoms with E-state index in [1.807, 2.05) is 12.2 Å². The van der Waals surface area contributed by atoms with E-state index in [-0.39, 0.29) is 11.6 Å². The molecule has 2 aliphatic rings. The standard InChI is InChI=1S/C21H15F2N3/c22-16-5-1-14(2-6-16)18-9-11-21(13-24)12-10-19(26-20(21)25-18)15-3-7-17(23)8-4-15/h1-10H,11-12H2,(H,25,26). The monoisotopic (exact) mass is 347 g/mol. The van der Waals surface area contributed by atoms with Crippen LogP contribution < -0.4 is 5.32 Å². The number of amidine groups is 1. The van der Waals surface area contributed by atoms with E-state index >= 15 is 0 Å². The Kier molecular flexibility index (Phi) is 3.89. The second-order valence-electron chi connectivity index (χ2n) is 6.41. The van der Waals surface area contributed by atoms with Crippen LogP contribution >= 0.6 is 0 Å². The lowest BCUT2D eigenvalue weighted by Crippen LogP contribution is -2.43. The van der Waals surface area contributed by atoms with Gasteiger partial charge in [0.2, 0.25) is 0 Å². The molecule has 0 bridgehead atoms. The lowest BCUT2D eigenvalue weighted by Gasteiger charge is -2.34. The van der Waals surface area contributed by atoms with Crippen molar-refractivity contribution >= 4 is 17.2 Å². The number of nitriles is 1. The number of hydrogen-bond donors (Lipinski definition) is 1. The van der Waals surface area contributed by atoms with Crippen LogP contribution in [-0.2, 0) is 0 Å². The number of fused-ring (bicyclic) bond motifs is 1. The topological polar surface area (TPSA) is 48.2 Å². The van der Waals surface area contributed by atoms with E-state index in [0.29, 0.717) is 24.4 Å². The number of nitrogens with zero attached hydrogens (tertiary/aromatic N) is 2. The molecule has 2 aromatic rings. The first kappa shape index (κ1) is 16.2. The SMILES string of the molecule is N#CC12CC=C(c3ccc(F)cc3)N=C1NC(c1ccc(F)cc1)=CC2. The molecule has 0 saturated heterocycles. The highest BCUT2D eigenvalue weighted by atomic mass is 19.1. The van der Waals surface area contributed by atoms with E-state index in [2.05, 4.69) is 16.4 Å². The molecule has 0 amide bonds. The van der Waals surface area contributed by atoms with Crippen LogP contribution in [0.1, 0.15) is 24.0 Å². The molecule has 0 radical (unpaired) electrons. The van der Waals surface area contributed by atoms with Crippen LogP contribution in [0.15, 0.2) is 65.7 Å². The smallest absolute Gasteiger partial charge is 0.128 e. The molecule has 1 unspecified atom stereocenters. The van der Waals surface area contributed by atoms with E-state index < -0.39 is 5.41 Å². The van der Waals surface area contributed by atoms with Gasteiger partial charge in [-0.05, 0) is 54.8 Å². The molecule has 2 aromatic carbocycles. The summed E-state index contributed by atoms with van der Waals surface area (Å²) in [6.45, 7) is 0. The van der Waals surface area contributed by atoms with Crippen LogP contribution in [0, 0.1) is 28.4 Å². The summed E-state index contributed by atoms with van der Waals surface area (Å²) in [7, 11) is 0. The molecule has 0 aromatic heterocycles. The molecule has 1 atom stereocenters. The Bertz CT molecular complexity index is 979. The van der Waals surface area contributed by atoms with Crippen LogP contribution in [0.5, 0.6) is 0 Å². The highest BCUT2D eigenvalue weighted by Crippen LogP contribution is 2.39. The zero-order chi connectivity index (χ0) is 18.1. The largest absolute Gasteiger partial charge is 0.342 e. The van der Waals surface area contributed by atoms with Crippen LogP contribution in [0.4, 0.5) is 8.78 Å². The second-order valence-corrected chi connectivity index (χ2v) is 6.41. The summed E-state index contributed by atoms with van der Waals surface area (Å²) >= 11 is 0. The molecule has 0 fully saturated rings. The van der Waals surface area contributed by atoms with Gasteiger partial charge < -0.3 is 5.32 Å². The average molecular weight is 347 g/mol. The predicted octanol–water partition coefficient (Wildman–Crippen LogP) is 4.65. The fraction of sp³-hybridized carbons (Fsp3) is 0.143. The van der Waals surface area contributed by atoms with Gasteiger partial charge in [-0.1, -0.05) is 24.3 Å². The zero-order valence-electron chi connectivity index (χ0n) is 13.8. The summed E-state index contributed by atoms with van der Waals surface area (Å²) < 4.78 is 26.3. The summed E-state index contributed by atoms with van der Waals surface area (Å²) in [5.74, 6) is -0.0294. The van der Waals surface area contributed by atoms with Crippen LogP contribution in [0.2, 0.25) is 0 Å². The van der Waals surface area contributed by atoms with E-state index in [1.165, 1.54) is 24.3 Å². The van der Waals surface area contributed by atoms with Crippen molar-refractivity contribution in [2.75, 3.05) is 0 Å². The van der Waals surface area contributed by atoms with Gasteiger partial charge in [0.15, 0.2) is 0 Å². The Morgan fingerprint density at radius 3 is 2.08 bits per heavy atom. The normalized spacial score (nSPS) is 21.5. The first-order chi connectivity index (χ1) is 12.6. The number of nitrogens with one attached hydrogen (secondary N) is 1.